The minimum Gasteiger partial charge on any atom is -0.481 e. The molecule has 0 aliphatic rings. The molecule has 0 aliphatic carbocycles. The fraction of sp³-hybridized carbons (Fsp3) is 0.421. The van der Waals surface area contributed by atoms with Crippen molar-refractivity contribution in [3.8, 4) is 5.88 Å². The van der Waals surface area contributed by atoms with E-state index in [1.54, 1.807) is 33.9 Å². The summed E-state index contributed by atoms with van der Waals surface area (Å²) in [6.45, 7) is 5.26. The minimum absolute atomic E-state index is 0.272. The number of rotatable bonds is 5. The molecule has 0 radical (unpaired) electrons. The standard InChI is InChI=1S/C19H24N2O5/c1-19(2,3)26-18(23)21-15(17(22)25-5)11-12-6-8-14-13(10-12)7-9-16(20-14)24-4/h6-10,15H,11H2,1-5H3,(H,21,23)/t15-/m0/s1. The number of amides is 1. The van der Waals surface area contributed by atoms with Crippen LogP contribution in [0, 0.1) is 0 Å². The quantitative estimate of drug-likeness (QED) is 0.825. The Kier molecular flexibility index (Phi) is 6.02. The SMILES string of the molecule is COC(=O)[C@H](Cc1ccc2nc(OC)ccc2c1)NC(=O)OC(C)(C)C. The summed E-state index contributed by atoms with van der Waals surface area (Å²) >= 11 is 0. The van der Waals surface area contributed by atoms with E-state index in [0.29, 0.717) is 5.88 Å². The van der Waals surface area contributed by atoms with E-state index in [-0.39, 0.29) is 6.42 Å². The van der Waals surface area contributed by atoms with Crippen LogP contribution in [0.25, 0.3) is 10.9 Å². The molecule has 140 valence electrons. The topological polar surface area (TPSA) is 86.8 Å². The van der Waals surface area contributed by atoms with E-state index in [1.165, 1.54) is 7.11 Å². The largest absolute Gasteiger partial charge is 0.481 e. The first-order chi connectivity index (χ1) is 12.2. The summed E-state index contributed by atoms with van der Waals surface area (Å²) < 4.78 is 15.1. The number of nitrogens with one attached hydrogen (secondary N) is 1. The Balaban J connectivity index is 2.18. The van der Waals surface area contributed by atoms with Crippen LogP contribution in [0.15, 0.2) is 30.3 Å². The maximum atomic E-state index is 12.0. The van der Waals surface area contributed by atoms with Crippen molar-refractivity contribution in [2.75, 3.05) is 14.2 Å². The molecule has 26 heavy (non-hydrogen) atoms. The van der Waals surface area contributed by atoms with Gasteiger partial charge in [-0.25, -0.2) is 14.6 Å². The molecular formula is C19H24N2O5. The van der Waals surface area contributed by atoms with Gasteiger partial charge in [0.1, 0.15) is 11.6 Å². The number of benzene rings is 1. The molecule has 0 spiro atoms. The van der Waals surface area contributed by atoms with Crippen LogP contribution in [0.3, 0.4) is 0 Å². The third-order valence-corrected chi connectivity index (χ3v) is 3.55. The molecule has 0 unspecified atom stereocenters. The molecule has 7 heteroatoms. The second kappa shape index (κ2) is 8.03. The van der Waals surface area contributed by atoms with Crippen molar-refractivity contribution in [2.24, 2.45) is 0 Å². The van der Waals surface area contributed by atoms with Crippen LogP contribution >= 0.6 is 0 Å². The third-order valence-electron chi connectivity index (χ3n) is 3.55. The summed E-state index contributed by atoms with van der Waals surface area (Å²) in [6.07, 6.45) is -0.395. The van der Waals surface area contributed by atoms with Gasteiger partial charge in [-0.1, -0.05) is 6.07 Å². The van der Waals surface area contributed by atoms with Gasteiger partial charge in [0.05, 0.1) is 19.7 Å². The highest BCUT2D eigenvalue weighted by Crippen LogP contribution is 2.19. The highest BCUT2D eigenvalue weighted by Gasteiger charge is 2.25. The molecule has 0 saturated carbocycles. The van der Waals surface area contributed by atoms with Crippen molar-refractivity contribution in [2.45, 2.75) is 38.8 Å². The summed E-state index contributed by atoms with van der Waals surface area (Å²) in [7, 11) is 2.84. The van der Waals surface area contributed by atoms with Gasteiger partial charge < -0.3 is 19.5 Å². The zero-order valence-electron chi connectivity index (χ0n) is 15.7. The van der Waals surface area contributed by atoms with Gasteiger partial charge in [-0.3, -0.25) is 0 Å². The van der Waals surface area contributed by atoms with E-state index in [0.717, 1.165) is 16.5 Å². The Bertz CT molecular complexity index is 798. The van der Waals surface area contributed by atoms with Crippen LogP contribution in [0.2, 0.25) is 0 Å². The van der Waals surface area contributed by atoms with Crippen LogP contribution in [0.1, 0.15) is 26.3 Å². The van der Waals surface area contributed by atoms with Gasteiger partial charge in [-0.15, -0.1) is 0 Å². The molecule has 1 N–H and O–H groups in total. The average molecular weight is 360 g/mol. The van der Waals surface area contributed by atoms with Crippen LogP contribution < -0.4 is 10.1 Å². The predicted octanol–water partition coefficient (Wildman–Crippen LogP) is 2.85. The van der Waals surface area contributed by atoms with E-state index in [4.69, 9.17) is 14.2 Å². The van der Waals surface area contributed by atoms with Crippen LogP contribution in [0.4, 0.5) is 4.79 Å². The normalized spacial score (nSPS) is 12.3. The molecule has 2 aromatic rings. The van der Waals surface area contributed by atoms with Crippen LogP contribution in [-0.2, 0) is 20.7 Å². The number of ether oxygens (including phenoxy) is 3. The van der Waals surface area contributed by atoms with Crippen LogP contribution in [0.5, 0.6) is 5.88 Å². The van der Waals surface area contributed by atoms with Gasteiger partial charge in [-0.2, -0.15) is 0 Å². The molecule has 2 rings (SSSR count). The second-order valence-corrected chi connectivity index (χ2v) is 6.81. The Morgan fingerprint density at radius 2 is 1.88 bits per heavy atom. The molecule has 1 amide bonds. The first-order valence-electron chi connectivity index (χ1n) is 8.23. The minimum atomic E-state index is -0.849. The lowest BCUT2D eigenvalue weighted by atomic mass is 10.0. The second-order valence-electron chi connectivity index (χ2n) is 6.81. The lowest BCUT2D eigenvalue weighted by Gasteiger charge is -2.22. The number of nitrogens with zero attached hydrogens (tertiary/aromatic N) is 1. The molecule has 0 aliphatic heterocycles. The Morgan fingerprint density at radius 1 is 1.15 bits per heavy atom. The highest BCUT2D eigenvalue weighted by molar-refractivity contribution is 5.83. The third kappa shape index (κ3) is 5.34. The predicted molar refractivity (Wildman–Crippen MR) is 97.2 cm³/mol. The van der Waals surface area contributed by atoms with Crippen molar-refractivity contribution < 1.29 is 23.8 Å². The number of fused-ring (bicyclic) bond motifs is 1. The number of carbonyl (C=O) groups is 2. The number of esters is 1. The molecule has 0 bridgehead atoms. The fourth-order valence-corrected chi connectivity index (χ4v) is 2.42. The summed E-state index contributed by atoms with van der Waals surface area (Å²) in [5, 5.41) is 3.47. The Labute approximate surface area is 152 Å². The smallest absolute Gasteiger partial charge is 0.408 e. The summed E-state index contributed by atoms with van der Waals surface area (Å²) in [6, 6.07) is 8.41. The zero-order chi connectivity index (χ0) is 19.3. The Morgan fingerprint density at radius 3 is 2.50 bits per heavy atom. The molecular weight excluding hydrogens is 336 g/mol. The number of aromatic nitrogens is 1. The summed E-state index contributed by atoms with van der Waals surface area (Å²) in [5.41, 5.74) is 0.983. The first kappa shape index (κ1) is 19.5. The van der Waals surface area contributed by atoms with Gasteiger partial charge >= 0.3 is 12.1 Å². The van der Waals surface area contributed by atoms with E-state index in [1.807, 2.05) is 24.3 Å². The summed E-state index contributed by atoms with van der Waals surface area (Å²) in [4.78, 5) is 28.4. The molecule has 1 heterocycles. The molecule has 1 aromatic carbocycles. The zero-order valence-corrected chi connectivity index (χ0v) is 15.7. The number of hydrogen-bond donors (Lipinski definition) is 1. The van der Waals surface area contributed by atoms with Crippen molar-refractivity contribution in [3.05, 3.63) is 35.9 Å². The first-order valence-corrected chi connectivity index (χ1v) is 8.23. The summed E-state index contributed by atoms with van der Waals surface area (Å²) in [5.74, 6) is -0.00640. The van der Waals surface area contributed by atoms with Crippen molar-refractivity contribution in [1.29, 1.82) is 0 Å². The van der Waals surface area contributed by atoms with Crippen molar-refractivity contribution in [1.82, 2.24) is 10.3 Å². The lowest BCUT2D eigenvalue weighted by Crippen LogP contribution is -2.45. The van der Waals surface area contributed by atoms with Gasteiger partial charge in [0.2, 0.25) is 5.88 Å². The highest BCUT2D eigenvalue weighted by atomic mass is 16.6. The maximum Gasteiger partial charge on any atom is 0.408 e. The van der Waals surface area contributed by atoms with Gasteiger partial charge in [0.25, 0.3) is 0 Å². The van der Waals surface area contributed by atoms with Crippen molar-refractivity contribution >= 4 is 23.0 Å². The average Bonchev–Trinajstić information content (AvgIpc) is 2.58. The number of methoxy groups -OCH3 is 2. The number of alkyl carbamates (subject to hydrolysis) is 1. The van der Waals surface area contributed by atoms with Crippen molar-refractivity contribution in [3.63, 3.8) is 0 Å². The Hall–Kier alpha value is -2.83. The van der Waals surface area contributed by atoms with E-state index < -0.39 is 23.7 Å². The van der Waals surface area contributed by atoms with Crippen LogP contribution in [-0.4, -0.2) is 42.9 Å². The van der Waals surface area contributed by atoms with E-state index >= 15 is 0 Å². The van der Waals surface area contributed by atoms with Gasteiger partial charge in [-0.05, 0) is 44.5 Å². The monoisotopic (exact) mass is 360 g/mol. The van der Waals surface area contributed by atoms with E-state index in [2.05, 4.69) is 10.3 Å². The number of pyridine rings is 1. The molecule has 7 nitrogen and oxygen atoms in total. The number of hydrogen-bond acceptors (Lipinski definition) is 6. The molecule has 1 aromatic heterocycles. The number of carbonyl (C=O) groups excluding carboxylic acids is 2. The lowest BCUT2D eigenvalue weighted by molar-refractivity contribution is -0.143. The van der Waals surface area contributed by atoms with Gasteiger partial charge in [0, 0.05) is 17.9 Å². The molecule has 0 saturated heterocycles. The van der Waals surface area contributed by atoms with E-state index in [9.17, 15) is 9.59 Å². The maximum absolute atomic E-state index is 12.0. The molecule has 0 fully saturated rings. The fourth-order valence-electron chi connectivity index (χ4n) is 2.42. The molecule has 1 atom stereocenters. The van der Waals surface area contributed by atoms with Gasteiger partial charge in [0.15, 0.2) is 0 Å².